The Morgan fingerprint density at radius 1 is 1.20 bits per heavy atom. The van der Waals surface area contributed by atoms with Gasteiger partial charge in [-0.25, -0.2) is 4.79 Å². The number of carboxylic acid groups (broad SMARTS) is 1. The third kappa shape index (κ3) is 3.77. The van der Waals surface area contributed by atoms with E-state index in [-0.39, 0.29) is 26.0 Å². The van der Waals surface area contributed by atoms with Crippen molar-refractivity contribution in [2.45, 2.75) is 0 Å². The van der Waals surface area contributed by atoms with Crippen LogP contribution in [0.5, 0.6) is 0 Å². The van der Waals surface area contributed by atoms with Crippen LogP contribution in [0.2, 0.25) is 0 Å². The molecule has 0 aromatic heterocycles. The minimum atomic E-state index is -0.942. The third-order valence-electron chi connectivity index (χ3n) is 1.86. The molecule has 6 heteroatoms. The zero-order valence-corrected chi connectivity index (χ0v) is 11.2. The molecule has 0 unspecified atom stereocenters. The molecule has 0 heterocycles. The van der Waals surface area contributed by atoms with Gasteiger partial charge in [0.05, 0.1) is 5.56 Å². The number of carboxylic acids is 1. The quantitative estimate of drug-likeness (QED) is 0.768. The molecule has 1 rings (SSSR count). The van der Waals surface area contributed by atoms with Gasteiger partial charge in [-0.3, -0.25) is 0 Å². The van der Waals surface area contributed by atoms with Crippen LogP contribution < -0.4 is 5.46 Å². The summed E-state index contributed by atoms with van der Waals surface area (Å²) in [7, 11) is 2.61. The van der Waals surface area contributed by atoms with Gasteiger partial charge < -0.3 is 14.4 Å². The normalized spacial score (nSPS) is 9.20. The first-order chi connectivity index (χ1) is 6.69. The number of benzene rings is 1. The van der Waals surface area contributed by atoms with E-state index in [1.807, 2.05) is 0 Å². The minimum Gasteiger partial charge on any atom is -0.478 e. The Balaban J connectivity index is 0.00000196. The Bertz CT molecular complexity index is 310. The maximum atomic E-state index is 10.6. The Labute approximate surface area is 102 Å². The number of aromatic carboxylic acids is 1. The summed E-state index contributed by atoms with van der Waals surface area (Å²) in [6.07, 6.45) is 0. The van der Waals surface area contributed by atoms with E-state index < -0.39 is 13.1 Å². The van der Waals surface area contributed by atoms with Gasteiger partial charge >= 0.3 is 13.1 Å². The first-order valence-corrected chi connectivity index (χ1v) is 4.08. The summed E-state index contributed by atoms with van der Waals surface area (Å²) in [6, 6.07) is 6.37. The van der Waals surface area contributed by atoms with Crippen molar-refractivity contribution in [2.75, 3.05) is 14.2 Å². The third-order valence-corrected chi connectivity index (χ3v) is 1.86. The van der Waals surface area contributed by atoms with Crippen LogP contribution in [0.3, 0.4) is 0 Å². The van der Waals surface area contributed by atoms with Gasteiger partial charge in [-0.1, -0.05) is 12.1 Å². The molecule has 81 valence electrons. The van der Waals surface area contributed by atoms with Crippen LogP contribution in [0, 0.1) is 0 Å². The van der Waals surface area contributed by atoms with E-state index in [2.05, 4.69) is 0 Å². The predicted octanol–water partition coefficient (Wildman–Crippen LogP) is 0.370. The second-order valence-electron chi connectivity index (χ2n) is 2.73. The molecule has 0 fully saturated rings. The smallest absolute Gasteiger partial charge is 0.478 e. The second kappa shape index (κ2) is 6.75. The van der Waals surface area contributed by atoms with E-state index in [9.17, 15) is 4.79 Å². The second-order valence-corrected chi connectivity index (χ2v) is 2.73. The minimum absolute atomic E-state index is 0. The maximum Gasteiger partial charge on any atom is 0.493 e. The van der Waals surface area contributed by atoms with Gasteiger partial charge in [0, 0.05) is 34.6 Å². The number of hydrogen-bond donors (Lipinski definition) is 1. The van der Waals surface area contributed by atoms with Crippen molar-refractivity contribution in [2.24, 2.45) is 0 Å². The summed E-state index contributed by atoms with van der Waals surface area (Å²) in [6.45, 7) is 0. The molecule has 0 spiro atoms. The monoisotopic (exact) mass is 381 g/mol. The molecule has 0 aliphatic carbocycles. The topological polar surface area (TPSA) is 55.8 Å². The van der Waals surface area contributed by atoms with E-state index in [0.29, 0.717) is 0 Å². The van der Waals surface area contributed by atoms with Crippen molar-refractivity contribution in [1.82, 2.24) is 0 Å². The summed E-state index contributed by atoms with van der Waals surface area (Å²) in [5, 5.41) is 8.67. The zero-order valence-electron chi connectivity index (χ0n) is 8.44. The van der Waals surface area contributed by atoms with Crippen molar-refractivity contribution in [3.05, 3.63) is 29.8 Å². The van der Waals surface area contributed by atoms with Crippen LogP contribution in [0.1, 0.15) is 10.4 Å². The maximum absolute atomic E-state index is 10.6. The predicted molar refractivity (Wildman–Crippen MR) is 52.8 cm³/mol. The average Bonchev–Trinajstić information content (AvgIpc) is 2.20. The van der Waals surface area contributed by atoms with Crippen LogP contribution >= 0.6 is 0 Å². The fourth-order valence-electron chi connectivity index (χ4n) is 1.15. The van der Waals surface area contributed by atoms with Crippen LogP contribution in [-0.2, 0) is 29.7 Å². The summed E-state index contributed by atoms with van der Waals surface area (Å²) in [4.78, 5) is 10.6. The van der Waals surface area contributed by atoms with E-state index in [1.165, 1.54) is 26.4 Å². The molecule has 15 heavy (non-hydrogen) atoms. The molecule has 0 bridgehead atoms. The Kier molecular flexibility index (Phi) is 6.46. The Morgan fingerprint density at radius 2 is 1.67 bits per heavy atom. The molecule has 0 amide bonds. The largest absolute Gasteiger partial charge is 0.493 e. The molecule has 4 nitrogen and oxygen atoms in total. The van der Waals surface area contributed by atoms with Crippen molar-refractivity contribution in [1.29, 1.82) is 0 Å². The van der Waals surface area contributed by atoms with Crippen molar-refractivity contribution >= 4 is 18.6 Å². The molecule has 1 radical (unpaired) electrons. The van der Waals surface area contributed by atoms with Gasteiger partial charge in [0.25, 0.3) is 0 Å². The van der Waals surface area contributed by atoms with Gasteiger partial charge in [0.2, 0.25) is 0 Å². The van der Waals surface area contributed by atoms with Gasteiger partial charge in [0.15, 0.2) is 0 Å². The first kappa shape index (κ1) is 14.3. The molecule has 0 saturated carbocycles. The Hall–Kier alpha value is -0.663. The molecule has 0 aliphatic rings. The van der Waals surface area contributed by atoms with E-state index in [4.69, 9.17) is 14.4 Å². The fourth-order valence-corrected chi connectivity index (χ4v) is 1.15. The van der Waals surface area contributed by atoms with Gasteiger partial charge in [-0.2, -0.15) is 0 Å². The van der Waals surface area contributed by atoms with Crippen LogP contribution in [0.25, 0.3) is 0 Å². The molecular weight excluding hydrogens is 369 g/mol. The van der Waals surface area contributed by atoms with E-state index in [1.54, 1.807) is 12.1 Å². The van der Waals surface area contributed by atoms with Gasteiger partial charge in [-0.15, -0.1) is 0 Å². The van der Waals surface area contributed by atoms with E-state index >= 15 is 0 Å². The molecule has 0 atom stereocenters. The molecule has 1 N–H and O–H groups in total. The number of rotatable bonds is 4. The zero-order chi connectivity index (χ0) is 10.6. The van der Waals surface area contributed by atoms with Crippen LogP contribution in [0.4, 0.5) is 0 Å². The standard InChI is InChI=1S/C9H11BO4.Re/c1-13-10(14-2)8-5-3-7(4-6-8)9(11)12;/h3-6H,1-2H3,(H,11,12);. The molecule has 1 aromatic carbocycles. The molecule has 0 saturated heterocycles. The molecule has 0 aliphatic heterocycles. The number of carbonyl (C=O) groups is 1. The molecular formula is C9H11BO4Re. The van der Waals surface area contributed by atoms with Crippen molar-refractivity contribution in [3.63, 3.8) is 0 Å². The summed E-state index contributed by atoms with van der Waals surface area (Å²) in [5.74, 6) is -0.942. The molecule has 1 aromatic rings. The van der Waals surface area contributed by atoms with Crippen molar-refractivity contribution < 1.29 is 39.6 Å². The Morgan fingerprint density at radius 3 is 2.00 bits per heavy atom. The summed E-state index contributed by atoms with van der Waals surface area (Å²) >= 11 is 0. The summed E-state index contributed by atoms with van der Waals surface area (Å²) in [5.41, 5.74) is 1.04. The number of hydrogen-bond acceptors (Lipinski definition) is 3. The SMILES string of the molecule is COB(OC)c1ccc(C(=O)O)cc1.[Re]. The van der Waals surface area contributed by atoms with Crippen LogP contribution in [-0.4, -0.2) is 32.4 Å². The fraction of sp³-hybridized carbons (Fsp3) is 0.222. The van der Waals surface area contributed by atoms with Crippen molar-refractivity contribution in [3.8, 4) is 0 Å². The summed E-state index contributed by atoms with van der Waals surface area (Å²) < 4.78 is 10.0. The van der Waals surface area contributed by atoms with E-state index in [0.717, 1.165) is 5.46 Å². The van der Waals surface area contributed by atoms with Crippen LogP contribution in [0.15, 0.2) is 24.3 Å². The van der Waals surface area contributed by atoms with Gasteiger partial charge in [-0.05, 0) is 17.6 Å². The average molecular weight is 380 g/mol. The first-order valence-electron chi connectivity index (χ1n) is 4.08. The van der Waals surface area contributed by atoms with Gasteiger partial charge in [0.1, 0.15) is 0 Å².